The van der Waals surface area contributed by atoms with Gasteiger partial charge in [0, 0.05) is 47.4 Å². The summed E-state index contributed by atoms with van der Waals surface area (Å²) < 4.78 is 55.3. The Kier molecular flexibility index (Phi) is 4.79. The number of anilines is 1. The van der Waals surface area contributed by atoms with E-state index in [1.165, 1.54) is 0 Å². The number of aromatic hydroxyl groups is 1. The summed E-state index contributed by atoms with van der Waals surface area (Å²) in [6.07, 6.45) is 4.26. The Morgan fingerprint density at radius 3 is 2.49 bits per heavy atom. The fourth-order valence-corrected chi connectivity index (χ4v) is 5.61. The first-order chi connectivity index (χ1) is 17.7. The first kappa shape index (κ1) is 19.9. The molecule has 1 unspecified atom stereocenters. The molecule has 0 radical (unpaired) electrons. The molecule has 2 N–H and O–H groups in total. The molecule has 7 nitrogen and oxygen atoms in total. The highest BCUT2D eigenvalue weighted by Gasteiger charge is 2.49. The number of aromatic nitrogens is 3. The van der Waals surface area contributed by atoms with Gasteiger partial charge in [-0.2, -0.15) is 9.37 Å². The first-order valence-electron chi connectivity index (χ1n) is 13.0. The van der Waals surface area contributed by atoms with E-state index in [2.05, 4.69) is 44.0 Å². The zero-order chi connectivity index (χ0) is 27.5. The summed E-state index contributed by atoms with van der Waals surface area (Å²) in [5.41, 5.74) is 0.374. The number of methoxy groups -OCH3 is 1. The van der Waals surface area contributed by atoms with Crippen LogP contribution in [0.5, 0.6) is 11.6 Å². The van der Waals surface area contributed by atoms with Gasteiger partial charge in [-0.3, -0.25) is 0 Å². The molecule has 0 aliphatic carbocycles. The van der Waals surface area contributed by atoms with Gasteiger partial charge in [0.1, 0.15) is 11.6 Å². The second-order valence-electron chi connectivity index (χ2n) is 10.2. The standard InChI is InChI=1S/C26H29F2N5O2/c1-25-7-8-26(2,32-25)14-16(13-25)33(3)23-6-5-20(30-31-23)18-11-19(27)17(12-21(18)34)15-9-22(28)29-24(10-15)35-4/h5-6,9-12,16,32,34H,7-8,13-14H2,1-4H3/t16?,25-,26+/i4D3. The lowest BCUT2D eigenvalue weighted by molar-refractivity contribution is 0.207. The normalized spacial score (nSPS) is 27.1. The molecule has 2 saturated heterocycles. The van der Waals surface area contributed by atoms with Crippen LogP contribution in [0.1, 0.15) is 43.6 Å². The molecule has 1 aromatic carbocycles. The smallest absolute Gasteiger partial charge is 0.216 e. The Morgan fingerprint density at radius 2 is 1.83 bits per heavy atom. The van der Waals surface area contributed by atoms with Gasteiger partial charge in [0.05, 0.1) is 16.8 Å². The minimum Gasteiger partial charge on any atom is -0.507 e. The minimum absolute atomic E-state index is 0.0440. The van der Waals surface area contributed by atoms with E-state index in [1.807, 2.05) is 7.05 Å². The number of nitrogens with one attached hydrogen (secondary N) is 1. The first-order valence-corrected chi connectivity index (χ1v) is 11.5. The molecule has 4 heterocycles. The molecule has 184 valence electrons. The number of ether oxygens (including phenoxy) is 1. The lowest BCUT2D eigenvalue weighted by atomic mass is 9.84. The van der Waals surface area contributed by atoms with E-state index in [1.54, 1.807) is 12.1 Å². The Morgan fingerprint density at radius 1 is 1.09 bits per heavy atom. The largest absolute Gasteiger partial charge is 0.507 e. The second-order valence-corrected chi connectivity index (χ2v) is 10.2. The molecule has 3 aromatic rings. The van der Waals surface area contributed by atoms with Crippen LogP contribution < -0.4 is 15.0 Å². The Hall–Kier alpha value is -3.33. The molecule has 2 fully saturated rings. The number of hydrogen-bond acceptors (Lipinski definition) is 7. The monoisotopic (exact) mass is 484 g/mol. The molecule has 3 atom stereocenters. The van der Waals surface area contributed by atoms with Crippen LogP contribution >= 0.6 is 0 Å². The van der Waals surface area contributed by atoms with Crippen LogP contribution in [-0.2, 0) is 0 Å². The summed E-state index contributed by atoms with van der Waals surface area (Å²) in [6, 6.07) is 7.95. The second kappa shape index (κ2) is 8.41. The highest BCUT2D eigenvalue weighted by atomic mass is 19.1. The molecular weight excluding hydrogens is 452 g/mol. The number of piperidine rings is 1. The van der Waals surface area contributed by atoms with Crippen LogP contribution in [0.15, 0.2) is 36.4 Å². The van der Waals surface area contributed by atoms with Crippen molar-refractivity contribution in [2.24, 2.45) is 0 Å². The van der Waals surface area contributed by atoms with E-state index in [9.17, 15) is 9.50 Å². The van der Waals surface area contributed by atoms with Crippen LogP contribution in [0.2, 0.25) is 0 Å². The predicted octanol–water partition coefficient (Wildman–Crippen LogP) is 4.70. The van der Waals surface area contributed by atoms with E-state index in [-0.39, 0.29) is 39.2 Å². The Balaban J connectivity index is 1.39. The molecule has 0 spiro atoms. The average molecular weight is 485 g/mol. The van der Waals surface area contributed by atoms with Gasteiger partial charge < -0.3 is 20.1 Å². The maximum atomic E-state index is 15.1. The van der Waals surface area contributed by atoms with Crippen molar-refractivity contribution in [3.63, 3.8) is 0 Å². The minimum atomic E-state index is -2.86. The lowest BCUT2D eigenvalue weighted by Crippen LogP contribution is -2.58. The molecule has 2 bridgehead atoms. The summed E-state index contributed by atoms with van der Waals surface area (Å²) in [6.45, 7) is 4.52. The highest BCUT2D eigenvalue weighted by Crippen LogP contribution is 2.44. The zero-order valence-corrected chi connectivity index (χ0v) is 19.8. The quantitative estimate of drug-likeness (QED) is 0.508. The van der Waals surface area contributed by atoms with Gasteiger partial charge in [0.25, 0.3) is 0 Å². The topological polar surface area (TPSA) is 83.4 Å². The van der Waals surface area contributed by atoms with E-state index in [0.29, 0.717) is 11.9 Å². The van der Waals surface area contributed by atoms with Gasteiger partial charge >= 0.3 is 0 Å². The molecule has 9 heteroatoms. The molecule has 35 heavy (non-hydrogen) atoms. The van der Waals surface area contributed by atoms with Crippen LogP contribution in [0.3, 0.4) is 0 Å². The Bertz CT molecular complexity index is 1360. The Labute approximate surface area is 207 Å². The van der Waals surface area contributed by atoms with Gasteiger partial charge in [-0.1, -0.05) is 0 Å². The number of benzene rings is 1. The van der Waals surface area contributed by atoms with Crippen molar-refractivity contribution in [2.75, 3.05) is 19.0 Å². The summed E-state index contributed by atoms with van der Waals surface area (Å²) in [5.74, 6) is -1.99. The predicted molar refractivity (Wildman–Crippen MR) is 129 cm³/mol. The average Bonchev–Trinajstić information content (AvgIpc) is 3.04. The van der Waals surface area contributed by atoms with Crippen molar-refractivity contribution in [1.82, 2.24) is 20.5 Å². The van der Waals surface area contributed by atoms with Crippen molar-refractivity contribution in [1.29, 1.82) is 0 Å². The lowest BCUT2D eigenvalue weighted by Gasteiger charge is -2.45. The molecule has 2 aliphatic rings. The number of phenolic OH excluding ortho intramolecular Hbond substituents is 1. The fraction of sp³-hybridized carbons (Fsp3) is 0.423. The molecule has 2 aromatic heterocycles. The van der Waals surface area contributed by atoms with Crippen LogP contribution in [0.4, 0.5) is 14.6 Å². The summed E-state index contributed by atoms with van der Waals surface area (Å²) in [5, 5.41) is 23.0. The summed E-state index contributed by atoms with van der Waals surface area (Å²) in [7, 11) is -0.860. The third-order valence-electron chi connectivity index (χ3n) is 7.31. The van der Waals surface area contributed by atoms with Gasteiger partial charge in [-0.15, -0.1) is 10.2 Å². The van der Waals surface area contributed by atoms with Crippen molar-refractivity contribution >= 4 is 5.82 Å². The molecule has 0 saturated carbocycles. The van der Waals surface area contributed by atoms with Gasteiger partial charge in [-0.25, -0.2) is 4.39 Å². The van der Waals surface area contributed by atoms with Crippen molar-refractivity contribution in [3.8, 4) is 34.0 Å². The van der Waals surface area contributed by atoms with Gasteiger partial charge in [0.2, 0.25) is 11.8 Å². The van der Waals surface area contributed by atoms with Crippen LogP contribution in [-0.4, -0.2) is 51.5 Å². The summed E-state index contributed by atoms with van der Waals surface area (Å²) >= 11 is 0. The molecule has 5 rings (SSSR count). The van der Waals surface area contributed by atoms with E-state index < -0.39 is 24.7 Å². The highest BCUT2D eigenvalue weighted by molar-refractivity contribution is 5.75. The van der Waals surface area contributed by atoms with E-state index in [4.69, 9.17) is 4.11 Å². The number of rotatable bonds is 5. The van der Waals surface area contributed by atoms with Gasteiger partial charge in [-0.05, 0) is 69.4 Å². The SMILES string of the molecule is [2H]C([2H])([2H])Oc1cc(-c2cc(O)c(-c3ccc(N(C)C4C[C@]5(C)CC[C@](C)(C4)N5)nn3)cc2F)cc(F)n1. The summed E-state index contributed by atoms with van der Waals surface area (Å²) in [4.78, 5) is 5.50. The number of pyridine rings is 1. The van der Waals surface area contributed by atoms with Crippen LogP contribution in [0, 0.1) is 11.8 Å². The fourth-order valence-electron chi connectivity index (χ4n) is 5.61. The molecule has 2 aliphatic heterocycles. The maximum Gasteiger partial charge on any atom is 0.216 e. The van der Waals surface area contributed by atoms with E-state index >= 15 is 4.39 Å². The van der Waals surface area contributed by atoms with Crippen LogP contribution in [0.25, 0.3) is 22.4 Å². The third kappa shape index (κ3) is 4.40. The third-order valence-corrected chi connectivity index (χ3v) is 7.31. The van der Waals surface area contributed by atoms with Crippen molar-refractivity contribution in [2.45, 2.75) is 56.7 Å². The maximum absolute atomic E-state index is 15.1. The van der Waals surface area contributed by atoms with E-state index in [0.717, 1.165) is 49.9 Å². The van der Waals surface area contributed by atoms with Crippen molar-refractivity contribution in [3.05, 3.63) is 48.2 Å². The van der Waals surface area contributed by atoms with Crippen molar-refractivity contribution < 1.29 is 22.7 Å². The number of hydrogen-bond donors (Lipinski definition) is 2. The number of nitrogens with zero attached hydrogens (tertiary/aromatic N) is 4. The molecular formula is C26H29F2N5O2. The molecule has 0 amide bonds. The zero-order valence-electron chi connectivity index (χ0n) is 22.8. The number of phenols is 1. The number of halogens is 2. The number of fused-ring (bicyclic) bond motifs is 2. The van der Waals surface area contributed by atoms with Gasteiger partial charge in [0.15, 0.2) is 5.82 Å².